The zero-order valence-electron chi connectivity index (χ0n) is 15.7. The summed E-state index contributed by atoms with van der Waals surface area (Å²) in [6.45, 7) is 3.33. The van der Waals surface area contributed by atoms with Crippen LogP contribution >= 0.6 is 23.2 Å². The Morgan fingerprint density at radius 1 is 1.17 bits per heavy atom. The number of carbonyl (C=O) groups excluding carboxylic acids is 2. The molecule has 0 saturated heterocycles. The molecule has 1 N–H and O–H groups in total. The molecule has 0 radical (unpaired) electrons. The number of anilines is 1. The number of hydrogen-bond acceptors (Lipinski definition) is 3. The van der Waals surface area contributed by atoms with Crippen molar-refractivity contribution in [1.29, 1.82) is 0 Å². The molecule has 10 heteroatoms. The van der Waals surface area contributed by atoms with Gasteiger partial charge >= 0.3 is 0 Å². The summed E-state index contributed by atoms with van der Waals surface area (Å²) >= 11 is 12.2. The van der Waals surface area contributed by atoms with Gasteiger partial charge in [0.05, 0.1) is 18.7 Å². The molecule has 0 aliphatic carbocycles. The SMILES string of the molecule is CCCN(CC(=O)Nc1ccc(F)c(F)c1F)C(=O)Cc1c(Cl)cc(C)nc1Cl. The Kier molecular flexibility index (Phi) is 7.87. The lowest BCUT2D eigenvalue weighted by molar-refractivity contribution is -0.134. The molecule has 0 aliphatic rings. The van der Waals surface area contributed by atoms with E-state index in [1.54, 1.807) is 19.9 Å². The predicted octanol–water partition coefficient (Wildman–Crippen LogP) is 4.53. The molecule has 0 spiro atoms. The van der Waals surface area contributed by atoms with Gasteiger partial charge < -0.3 is 10.2 Å². The van der Waals surface area contributed by atoms with Crippen LogP contribution in [0, 0.1) is 24.4 Å². The Bertz CT molecular complexity index is 918. The number of halogens is 5. The molecule has 29 heavy (non-hydrogen) atoms. The van der Waals surface area contributed by atoms with E-state index < -0.39 is 41.5 Å². The van der Waals surface area contributed by atoms with Gasteiger partial charge in [-0.3, -0.25) is 9.59 Å². The molecule has 156 valence electrons. The Balaban J connectivity index is 2.12. The monoisotopic (exact) mass is 447 g/mol. The highest BCUT2D eigenvalue weighted by Gasteiger charge is 2.21. The Labute approximate surface area is 175 Å². The lowest BCUT2D eigenvalue weighted by atomic mass is 10.1. The second-order valence-corrected chi connectivity index (χ2v) is 7.04. The quantitative estimate of drug-likeness (QED) is 0.500. The van der Waals surface area contributed by atoms with E-state index in [0.29, 0.717) is 23.7 Å². The number of benzene rings is 1. The summed E-state index contributed by atoms with van der Waals surface area (Å²) in [6, 6.07) is 3.16. The van der Waals surface area contributed by atoms with Crippen LogP contribution in [-0.2, 0) is 16.0 Å². The molecule has 5 nitrogen and oxygen atoms in total. The Morgan fingerprint density at radius 2 is 1.86 bits per heavy atom. The molecule has 1 aromatic carbocycles. The van der Waals surface area contributed by atoms with E-state index in [4.69, 9.17) is 23.2 Å². The van der Waals surface area contributed by atoms with Crippen LogP contribution < -0.4 is 5.32 Å². The minimum absolute atomic E-state index is 0.0908. The van der Waals surface area contributed by atoms with Gasteiger partial charge in [0.2, 0.25) is 11.8 Å². The van der Waals surface area contributed by atoms with Gasteiger partial charge in [-0.1, -0.05) is 30.1 Å². The number of amides is 2. The van der Waals surface area contributed by atoms with Crippen molar-refractivity contribution in [3.8, 4) is 0 Å². The number of pyridine rings is 1. The highest BCUT2D eigenvalue weighted by molar-refractivity contribution is 6.35. The Hall–Kier alpha value is -2.32. The van der Waals surface area contributed by atoms with Crippen molar-refractivity contribution in [3.05, 3.63) is 57.1 Å². The van der Waals surface area contributed by atoms with E-state index in [1.165, 1.54) is 4.90 Å². The van der Waals surface area contributed by atoms with Crippen molar-refractivity contribution in [1.82, 2.24) is 9.88 Å². The standard InChI is InChI=1S/C19H18Cl2F3N3O2/c1-3-6-27(16(29)8-11-12(20)7-10(2)25-19(11)21)9-15(28)26-14-5-4-13(22)17(23)18(14)24/h4-5,7H,3,6,8-9H2,1-2H3,(H,26,28). The fourth-order valence-corrected chi connectivity index (χ4v) is 3.26. The number of hydrogen-bond donors (Lipinski definition) is 1. The molecule has 0 aliphatic heterocycles. The van der Waals surface area contributed by atoms with Crippen LogP contribution in [0.2, 0.25) is 10.2 Å². The summed E-state index contributed by atoms with van der Waals surface area (Å²) in [7, 11) is 0. The summed E-state index contributed by atoms with van der Waals surface area (Å²) in [5.74, 6) is -5.79. The highest BCUT2D eigenvalue weighted by atomic mass is 35.5. The lowest BCUT2D eigenvalue weighted by Crippen LogP contribution is -2.39. The fraction of sp³-hybridized carbons (Fsp3) is 0.316. The second-order valence-electron chi connectivity index (χ2n) is 6.28. The normalized spacial score (nSPS) is 10.7. The van der Waals surface area contributed by atoms with Crippen molar-refractivity contribution in [2.45, 2.75) is 26.7 Å². The Morgan fingerprint density at radius 3 is 2.48 bits per heavy atom. The first kappa shape index (κ1) is 23.0. The van der Waals surface area contributed by atoms with Gasteiger partial charge in [-0.25, -0.2) is 18.2 Å². The third-order valence-corrected chi connectivity index (χ3v) is 4.62. The summed E-state index contributed by atoms with van der Waals surface area (Å²) in [5, 5.41) is 2.51. The van der Waals surface area contributed by atoms with Gasteiger partial charge in [-0.05, 0) is 31.5 Å². The van der Waals surface area contributed by atoms with E-state index in [0.717, 1.165) is 6.07 Å². The first-order chi connectivity index (χ1) is 13.6. The van der Waals surface area contributed by atoms with Crippen molar-refractivity contribution in [3.63, 3.8) is 0 Å². The van der Waals surface area contributed by atoms with Gasteiger partial charge in [0.25, 0.3) is 0 Å². The molecule has 0 bridgehead atoms. The third kappa shape index (κ3) is 5.83. The second kappa shape index (κ2) is 9.93. The summed E-state index contributed by atoms with van der Waals surface area (Å²) in [4.78, 5) is 30.2. The first-order valence-corrected chi connectivity index (χ1v) is 9.42. The van der Waals surface area contributed by atoms with Crippen LogP contribution in [0.1, 0.15) is 24.6 Å². The van der Waals surface area contributed by atoms with Crippen LogP contribution in [0.25, 0.3) is 0 Å². The first-order valence-electron chi connectivity index (χ1n) is 8.66. The summed E-state index contributed by atoms with van der Waals surface area (Å²) in [5.41, 5.74) is 0.401. The van der Waals surface area contributed by atoms with E-state index in [2.05, 4.69) is 10.3 Å². The van der Waals surface area contributed by atoms with Crippen LogP contribution in [0.3, 0.4) is 0 Å². The minimum atomic E-state index is -1.69. The van der Waals surface area contributed by atoms with E-state index in [1.807, 2.05) is 0 Å². The molecule has 0 unspecified atom stereocenters. The molecule has 0 atom stereocenters. The number of carbonyl (C=O) groups is 2. The van der Waals surface area contributed by atoms with Crippen LogP contribution in [0.5, 0.6) is 0 Å². The van der Waals surface area contributed by atoms with E-state index in [9.17, 15) is 22.8 Å². The van der Waals surface area contributed by atoms with Crippen molar-refractivity contribution >= 4 is 40.7 Å². The molecule has 2 amide bonds. The van der Waals surface area contributed by atoms with E-state index >= 15 is 0 Å². The maximum absolute atomic E-state index is 13.7. The van der Waals surface area contributed by atoms with Crippen LogP contribution in [-0.4, -0.2) is 34.8 Å². The maximum Gasteiger partial charge on any atom is 0.244 e. The number of nitrogens with one attached hydrogen (secondary N) is 1. The summed E-state index contributed by atoms with van der Waals surface area (Å²) < 4.78 is 40.0. The zero-order valence-corrected chi connectivity index (χ0v) is 17.2. The molecular formula is C19H18Cl2F3N3O2. The van der Waals surface area contributed by atoms with Crippen molar-refractivity contribution < 1.29 is 22.8 Å². The molecule has 1 heterocycles. The van der Waals surface area contributed by atoms with Crippen LogP contribution in [0.15, 0.2) is 18.2 Å². The van der Waals surface area contributed by atoms with Gasteiger partial charge in [-0.2, -0.15) is 0 Å². The molecule has 2 rings (SSSR count). The predicted molar refractivity (Wildman–Crippen MR) is 105 cm³/mol. The van der Waals surface area contributed by atoms with E-state index in [-0.39, 0.29) is 23.1 Å². The van der Waals surface area contributed by atoms with Crippen LogP contribution in [0.4, 0.5) is 18.9 Å². The number of nitrogens with zero attached hydrogens (tertiary/aromatic N) is 2. The maximum atomic E-state index is 13.7. The zero-order chi connectivity index (χ0) is 21.7. The average molecular weight is 448 g/mol. The average Bonchev–Trinajstić information content (AvgIpc) is 2.64. The fourth-order valence-electron chi connectivity index (χ4n) is 2.59. The van der Waals surface area contributed by atoms with Gasteiger partial charge in [-0.15, -0.1) is 0 Å². The number of aromatic nitrogens is 1. The topological polar surface area (TPSA) is 62.3 Å². The number of aryl methyl sites for hydroxylation is 1. The molecular weight excluding hydrogens is 430 g/mol. The minimum Gasteiger partial charge on any atom is -0.333 e. The third-order valence-electron chi connectivity index (χ3n) is 3.97. The van der Waals surface area contributed by atoms with Gasteiger partial charge in [0.15, 0.2) is 17.5 Å². The number of rotatable bonds is 7. The van der Waals surface area contributed by atoms with Gasteiger partial charge in [0.1, 0.15) is 5.15 Å². The summed E-state index contributed by atoms with van der Waals surface area (Å²) in [6.07, 6.45) is 0.365. The lowest BCUT2D eigenvalue weighted by Gasteiger charge is -2.22. The van der Waals surface area contributed by atoms with Gasteiger partial charge in [0, 0.05) is 22.8 Å². The highest BCUT2D eigenvalue weighted by Crippen LogP contribution is 2.25. The molecule has 0 fully saturated rings. The van der Waals surface area contributed by atoms with Crippen molar-refractivity contribution in [2.75, 3.05) is 18.4 Å². The molecule has 2 aromatic rings. The largest absolute Gasteiger partial charge is 0.333 e. The van der Waals surface area contributed by atoms with Crippen molar-refractivity contribution in [2.24, 2.45) is 0 Å². The smallest absolute Gasteiger partial charge is 0.244 e. The molecule has 0 saturated carbocycles. The molecule has 1 aromatic heterocycles.